The van der Waals surface area contributed by atoms with E-state index in [4.69, 9.17) is 9.47 Å². The minimum absolute atomic E-state index is 0.0323. The van der Waals surface area contributed by atoms with E-state index in [2.05, 4.69) is 20.4 Å². The summed E-state index contributed by atoms with van der Waals surface area (Å²) < 4.78 is 10.1. The maximum Gasteiger partial charge on any atom is 0.407 e. The Kier molecular flexibility index (Phi) is 10.8. The Hall–Kier alpha value is -2.65. The van der Waals surface area contributed by atoms with Crippen LogP contribution in [0.15, 0.2) is 30.3 Å². The van der Waals surface area contributed by atoms with Crippen LogP contribution in [0.3, 0.4) is 0 Å². The fourth-order valence-electron chi connectivity index (χ4n) is 4.90. The smallest absolute Gasteiger partial charge is 0.407 e. The largest absolute Gasteiger partial charge is 0.468 e. The average molecular weight is 489 g/mol. The zero-order chi connectivity index (χ0) is 25.0. The molecule has 194 valence electrons. The fraction of sp³-hybridized carbons (Fsp3) is 0.654. The minimum atomic E-state index is -0.425. The number of carbonyl (C=O) groups is 3. The van der Waals surface area contributed by atoms with Crippen molar-refractivity contribution in [2.24, 2.45) is 0 Å². The highest BCUT2D eigenvalue weighted by Gasteiger charge is 2.33. The number of amides is 2. The van der Waals surface area contributed by atoms with Crippen molar-refractivity contribution in [3.8, 4) is 0 Å². The summed E-state index contributed by atoms with van der Waals surface area (Å²) in [5.41, 5.74) is 0.950. The molecule has 0 bridgehead atoms. The van der Waals surface area contributed by atoms with Gasteiger partial charge < -0.3 is 20.1 Å². The van der Waals surface area contributed by atoms with Gasteiger partial charge in [-0.3, -0.25) is 19.4 Å². The summed E-state index contributed by atoms with van der Waals surface area (Å²) in [6, 6.07) is 9.32. The maximum atomic E-state index is 12.9. The normalized spacial score (nSPS) is 21.4. The zero-order valence-corrected chi connectivity index (χ0v) is 21.0. The molecule has 0 unspecified atom stereocenters. The lowest BCUT2D eigenvalue weighted by Gasteiger charge is -2.27. The van der Waals surface area contributed by atoms with Crippen LogP contribution in [0.4, 0.5) is 4.79 Å². The van der Waals surface area contributed by atoms with Crippen molar-refractivity contribution < 1.29 is 23.9 Å². The SMILES string of the molecule is COC(=O)[C@@H]1CCCN1CC[C@@H](C)NC(=O)[C@@H]1CCCN1CCCNC(=O)OCc1ccccc1. The second-order valence-electron chi connectivity index (χ2n) is 9.45. The second-order valence-corrected chi connectivity index (χ2v) is 9.45. The highest BCUT2D eigenvalue weighted by atomic mass is 16.5. The summed E-state index contributed by atoms with van der Waals surface area (Å²) >= 11 is 0. The van der Waals surface area contributed by atoms with Crippen LogP contribution in [0.1, 0.15) is 51.0 Å². The standard InChI is InChI=1S/C26H40N4O5/c1-20(13-18-30-16-7-12-23(30)25(32)34-2)28-24(31)22-11-6-15-29(22)17-8-14-27-26(33)35-19-21-9-4-3-5-10-21/h3-5,9-10,20,22-23H,6-8,11-19H2,1-2H3,(H,27,33)(H,28,31)/t20-,22+,23+/m1/s1. The number of rotatable bonds is 12. The van der Waals surface area contributed by atoms with E-state index in [0.717, 1.165) is 70.3 Å². The second kappa shape index (κ2) is 14.0. The summed E-state index contributed by atoms with van der Waals surface area (Å²) in [5.74, 6) is -0.101. The Morgan fingerprint density at radius 2 is 1.71 bits per heavy atom. The fourth-order valence-corrected chi connectivity index (χ4v) is 4.90. The molecule has 0 radical (unpaired) electrons. The molecule has 0 aliphatic carbocycles. The Morgan fingerprint density at radius 1 is 1.03 bits per heavy atom. The van der Waals surface area contributed by atoms with Gasteiger partial charge in [-0.2, -0.15) is 0 Å². The number of carbonyl (C=O) groups excluding carboxylic acids is 3. The molecular weight excluding hydrogens is 448 g/mol. The molecule has 1 aromatic rings. The molecule has 3 rings (SSSR count). The number of benzene rings is 1. The highest BCUT2D eigenvalue weighted by molar-refractivity contribution is 5.82. The Bertz CT molecular complexity index is 821. The van der Waals surface area contributed by atoms with Gasteiger partial charge in [-0.15, -0.1) is 0 Å². The molecule has 0 saturated carbocycles. The summed E-state index contributed by atoms with van der Waals surface area (Å²) in [5, 5.41) is 5.95. The van der Waals surface area contributed by atoms with Crippen LogP contribution in [0.5, 0.6) is 0 Å². The van der Waals surface area contributed by atoms with E-state index in [9.17, 15) is 14.4 Å². The monoisotopic (exact) mass is 488 g/mol. The summed E-state index contributed by atoms with van der Waals surface area (Å²) in [6.07, 6.45) is 4.80. The first-order chi connectivity index (χ1) is 17.0. The molecule has 2 N–H and O–H groups in total. The lowest BCUT2D eigenvalue weighted by atomic mass is 10.1. The Labute approximate surface area is 208 Å². The van der Waals surface area contributed by atoms with Crippen LogP contribution < -0.4 is 10.6 Å². The van der Waals surface area contributed by atoms with Gasteiger partial charge in [-0.25, -0.2) is 4.79 Å². The van der Waals surface area contributed by atoms with Gasteiger partial charge in [0.1, 0.15) is 12.6 Å². The van der Waals surface area contributed by atoms with Gasteiger partial charge in [0.15, 0.2) is 0 Å². The molecule has 2 amide bonds. The van der Waals surface area contributed by atoms with Crippen molar-refractivity contribution in [3.05, 3.63) is 35.9 Å². The van der Waals surface area contributed by atoms with Gasteiger partial charge in [0, 0.05) is 25.7 Å². The van der Waals surface area contributed by atoms with Gasteiger partial charge in [-0.1, -0.05) is 30.3 Å². The third kappa shape index (κ3) is 8.50. The van der Waals surface area contributed by atoms with Gasteiger partial charge >= 0.3 is 12.1 Å². The molecule has 2 heterocycles. The highest BCUT2D eigenvalue weighted by Crippen LogP contribution is 2.20. The van der Waals surface area contributed by atoms with Crippen LogP contribution in [-0.2, 0) is 25.7 Å². The lowest BCUT2D eigenvalue weighted by Crippen LogP contribution is -2.47. The van der Waals surface area contributed by atoms with Crippen molar-refractivity contribution in [3.63, 3.8) is 0 Å². The zero-order valence-electron chi connectivity index (χ0n) is 21.0. The Morgan fingerprint density at radius 3 is 2.43 bits per heavy atom. The number of nitrogens with one attached hydrogen (secondary N) is 2. The minimum Gasteiger partial charge on any atom is -0.468 e. The van der Waals surface area contributed by atoms with E-state index >= 15 is 0 Å². The van der Waals surface area contributed by atoms with Crippen molar-refractivity contribution >= 4 is 18.0 Å². The third-order valence-corrected chi connectivity index (χ3v) is 6.85. The van der Waals surface area contributed by atoms with Crippen molar-refractivity contribution in [2.45, 2.75) is 70.2 Å². The molecule has 35 heavy (non-hydrogen) atoms. The number of alkyl carbamates (subject to hydrolysis) is 1. The molecule has 9 nitrogen and oxygen atoms in total. The van der Waals surface area contributed by atoms with E-state index < -0.39 is 6.09 Å². The van der Waals surface area contributed by atoms with E-state index in [1.165, 1.54) is 7.11 Å². The Balaban J connectivity index is 1.31. The molecule has 2 aliphatic heterocycles. The van der Waals surface area contributed by atoms with Crippen LogP contribution in [-0.4, -0.2) is 85.7 Å². The number of nitrogens with zero attached hydrogens (tertiary/aromatic N) is 2. The van der Waals surface area contributed by atoms with Gasteiger partial charge in [0.25, 0.3) is 0 Å². The first-order valence-electron chi connectivity index (χ1n) is 12.8. The number of hydrogen-bond donors (Lipinski definition) is 2. The lowest BCUT2D eigenvalue weighted by molar-refractivity contribution is -0.146. The molecule has 2 fully saturated rings. The quantitative estimate of drug-likeness (QED) is 0.344. The molecule has 9 heteroatoms. The van der Waals surface area contributed by atoms with Gasteiger partial charge in [0.05, 0.1) is 13.2 Å². The number of esters is 1. The van der Waals surface area contributed by atoms with E-state index in [0.29, 0.717) is 6.54 Å². The van der Waals surface area contributed by atoms with Crippen LogP contribution in [0.2, 0.25) is 0 Å². The molecule has 0 aromatic heterocycles. The molecule has 0 spiro atoms. The molecule has 1 aromatic carbocycles. The van der Waals surface area contributed by atoms with Crippen LogP contribution in [0.25, 0.3) is 0 Å². The predicted octanol–water partition coefficient (Wildman–Crippen LogP) is 2.30. The topological polar surface area (TPSA) is 100 Å². The molecule has 2 aliphatic rings. The average Bonchev–Trinajstić information content (AvgIpc) is 3.54. The summed E-state index contributed by atoms with van der Waals surface area (Å²) in [6.45, 7) is 6.07. The van der Waals surface area contributed by atoms with Crippen molar-refractivity contribution in [1.29, 1.82) is 0 Å². The van der Waals surface area contributed by atoms with E-state index in [1.54, 1.807) is 0 Å². The third-order valence-electron chi connectivity index (χ3n) is 6.85. The summed E-state index contributed by atoms with van der Waals surface area (Å²) in [4.78, 5) is 41.1. The number of likely N-dealkylation sites (tertiary alicyclic amines) is 2. The molecule has 3 atom stereocenters. The van der Waals surface area contributed by atoms with Crippen LogP contribution >= 0.6 is 0 Å². The van der Waals surface area contributed by atoms with E-state index in [1.807, 2.05) is 37.3 Å². The predicted molar refractivity (Wildman–Crippen MR) is 133 cm³/mol. The molecular formula is C26H40N4O5. The molecule has 2 saturated heterocycles. The van der Waals surface area contributed by atoms with Gasteiger partial charge in [-0.05, 0) is 64.1 Å². The van der Waals surface area contributed by atoms with Crippen LogP contribution in [0, 0.1) is 0 Å². The number of ether oxygens (including phenoxy) is 2. The first kappa shape index (κ1) is 26.9. The number of methoxy groups -OCH3 is 1. The van der Waals surface area contributed by atoms with E-state index in [-0.39, 0.29) is 36.6 Å². The van der Waals surface area contributed by atoms with Crippen molar-refractivity contribution in [2.75, 3.05) is 39.8 Å². The maximum absolute atomic E-state index is 12.9. The van der Waals surface area contributed by atoms with Crippen molar-refractivity contribution in [1.82, 2.24) is 20.4 Å². The van der Waals surface area contributed by atoms with Gasteiger partial charge in [0.2, 0.25) is 5.91 Å². The first-order valence-corrected chi connectivity index (χ1v) is 12.8. The summed E-state index contributed by atoms with van der Waals surface area (Å²) in [7, 11) is 1.43. The number of hydrogen-bond acceptors (Lipinski definition) is 7.